The fourth-order valence-electron chi connectivity index (χ4n) is 1.49. The van der Waals surface area contributed by atoms with Crippen LogP contribution in [0.2, 0.25) is 0 Å². The average molecular weight is 245 g/mol. The number of ether oxygens (including phenoxy) is 1. The maximum atomic E-state index is 8.95. The van der Waals surface area contributed by atoms with Crippen LogP contribution >= 0.6 is 0 Å². The van der Waals surface area contributed by atoms with Gasteiger partial charge in [0.25, 0.3) is 0 Å². The summed E-state index contributed by atoms with van der Waals surface area (Å²) in [4.78, 5) is 8.38. The molecule has 1 heterocycles. The van der Waals surface area contributed by atoms with Crippen LogP contribution in [0.5, 0.6) is 11.6 Å². The standard InChI is InChI=1S/C13H15N3O2/c1-9-7-12(16-13(14-2)15-9)18-11-5-3-10(8-17)4-6-11/h3-7,17H,8H2,1-2H3,(H,14,15,16). The van der Waals surface area contributed by atoms with Gasteiger partial charge < -0.3 is 15.2 Å². The molecule has 0 aliphatic rings. The molecule has 18 heavy (non-hydrogen) atoms. The van der Waals surface area contributed by atoms with Gasteiger partial charge in [-0.15, -0.1) is 0 Å². The third-order valence-corrected chi connectivity index (χ3v) is 2.38. The highest BCUT2D eigenvalue weighted by atomic mass is 16.5. The second kappa shape index (κ2) is 5.46. The van der Waals surface area contributed by atoms with E-state index in [0.29, 0.717) is 17.6 Å². The summed E-state index contributed by atoms with van der Waals surface area (Å²) in [7, 11) is 1.76. The molecule has 0 saturated heterocycles. The van der Waals surface area contributed by atoms with Gasteiger partial charge in [-0.05, 0) is 24.6 Å². The van der Waals surface area contributed by atoms with Crippen LogP contribution in [0.15, 0.2) is 30.3 Å². The zero-order valence-electron chi connectivity index (χ0n) is 10.3. The van der Waals surface area contributed by atoms with Gasteiger partial charge in [0.05, 0.1) is 6.61 Å². The highest BCUT2D eigenvalue weighted by Crippen LogP contribution is 2.21. The first-order valence-corrected chi connectivity index (χ1v) is 5.62. The molecule has 0 spiro atoms. The van der Waals surface area contributed by atoms with Gasteiger partial charge in [-0.1, -0.05) is 12.1 Å². The molecular formula is C13H15N3O2. The molecule has 2 aromatic rings. The van der Waals surface area contributed by atoms with E-state index in [4.69, 9.17) is 9.84 Å². The summed E-state index contributed by atoms with van der Waals surface area (Å²) in [5.41, 5.74) is 1.67. The summed E-state index contributed by atoms with van der Waals surface area (Å²) < 4.78 is 5.63. The van der Waals surface area contributed by atoms with Crippen molar-refractivity contribution in [3.8, 4) is 11.6 Å². The number of benzene rings is 1. The summed E-state index contributed by atoms with van der Waals surface area (Å²) in [6, 6.07) is 8.97. The van der Waals surface area contributed by atoms with Gasteiger partial charge in [-0.2, -0.15) is 4.98 Å². The summed E-state index contributed by atoms with van der Waals surface area (Å²) in [6.07, 6.45) is 0. The zero-order valence-corrected chi connectivity index (χ0v) is 10.3. The quantitative estimate of drug-likeness (QED) is 0.863. The van der Waals surface area contributed by atoms with Crippen molar-refractivity contribution in [3.05, 3.63) is 41.6 Å². The maximum Gasteiger partial charge on any atom is 0.225 e. The number of anilines is 1. The molecule has 0 bridgehead atoms. The number of aliphatic hydroxyl groups is 1. The van der Waals surface area contributed by atoms with Gasteiger partial charge in [0, 0.05) is 18.8 Å². The minimum Gasteiger partial charge on any atom is -0.439 e. The Hall–Kier alpha value is -2.14. The topological polar surface area (TPSA) is 67.3 Å². The smallest absolute Gasteiger partial charge is 0.225 e. The summed E-state index contributed by atoms with van der Waals surface area (Å²) in [5.74, 6) is 1.69. The molecule has 0 atom stereocenters. The molecule has 0 aliphatic heterocycles. The summed E-state index contributed by atoms with van der Waals surface area (Å²) >= 11 is 0. The van der Waals surface area contributed by atoms with Crippen molar-refractivity contribution in [1.82, 2.24) is 9.97 Å². The van der Waals surface area contributed by atoms with E-state index in [0.717, 1.165) is 11.3 Å². The molecule has 0 unspecified atom stereocenters. The molecule has 0 radical (unpaired) electrons. The number of aliphatic hydroxyl groups excluding tert-OH is 1. The lowest BCUT2D eigenvalue weighted by molar-refractivity contribution is 0.281. The van der Waals surface area contributed by atoms with Crippen LogP contribution in [0.4, 0.5) is 5.95 Å². The molecule has 5 heteroatoms. The van der Waals surface area contributed by atoms with Gasteiger partial charge in [0.15, 0.2) is 0 Å². The first-order chi connectivity index (χ1) is 8.71. The lowest BCUT2D eigenvalue weighted by Crippen LogP contribution is -1.99. The molecule has 2 N–H and O–H groups in total. The molecule has 94 valence electrons. The fourth-order valence-corrected chi connectivity index (χ4v) is 1.49. The van der Waals surface area contributed by atoms with E-state index < -0.39 is 0 Å². The van der Waals surface area contributed by atoms with Gasteiger partial charge in [-0.3, -0.25) is 0 Å². The monoisotopic (exact) mass is 245 g/mol. The van der Waals surface area contributed by atoms with Gasteiger partial charge >= 0.3 is 0 Å². The fraction of sp³-hybridized carbons (Fsp3) is 0.231. The van der Waals surface area contributed by atoms with Gasteiger partial charge in [0.1, 0.15) is 5.75 Å². The number of hydrogen-bond donors (Lipinski definition) is 2. The number of hydrogen-bond acceptors (Lipinski definition) is 5. The predicted octanol–water partition coefficient (Wildman–Crippen LogP) is 2.11. The Morgan fingerprint density at radius 2 is 1.94 bits per heavy atom. The minimum absolute atomic E-state index is 0.0246. The normalized spacial score (nSPS) is 10.2. The van der Waals surface area contributed by atoms with Crippen molar-refractivity contribution in [2.24, 2.45) is 0 Å². The number of nitrogens with zero attached hydrogens (tertiary/aromatic N) is 2. The molecule has 0 aliphatic carbocycles. The van der Waals surface area contributed by atoms with E-state index in [-0.39, 0.29) is 6.61 Å². The van der Waals surface area contributed by atoms with Crippen molar-refractivity contribution in [2.45, 2.75) is 13.5 Å². The van der Waals surface area contributed by atoms with Crippen molar-refractivity contribution in [1.29, 1.82) is 0 Å². The van der Waals surface area contributed by atoms with Crippen molar-refractivity contribution >= 4 is 5.95 Å². The van der Waals surface area contributed by atoms with Crippen LogP contribution in [0.25, 0.3) is 0 Å². The number of aromatic nitrogens is 2. The van der Waals surface area contributed by atoms with E-state index >= 15 is 0 Å². The Labute approximate surface area is 105 Å². The molecular weight excluding hydrogens is 230 g/mol. The third kappa shape index (κ3) is 2.95. The molecule has 1 aromatic carbocycles. The van der Waals surface area contributed by atoms with Crippen molar-refractivity contribution in [3.63, 3.8) is 0 Å². The Morgan fingerprint density at radius 3 is 2.56 bits per heavy atom. The van der Waals surface area contributed by atoms with E-state index in [1.165, 1.54) is 0 Å². The van der Waals surface area contributed by atoms with Gasteiger partial charge in [-0.25, -0.2) is 4.98 Å². The molecule has 0 saturated carbocycles. The maximum absolute atomic E-state index is 8.95. The lowest BCUT2D eigenvalue weighted by Gasteiger charge is -2.07. The minimum atomic E-state index is 0.0246. The van der Waals surface area contributed by atoms with Crippen LogP contribution in [-0.4, -0.2) is 22.1 Å². The Morgan fingerprint density at radius 1 is 1.22 bits per heavy atom. The van der Waals surface area contributed by atoms with E-state index in [9.17, 15) is 0 Å². The van der Waals surface area contributed by atoms with E-state index in [1.54, 1.807) is 25.2 Å². The highest BCUT2D eigenvalue weighted by molar-refractivity contribution is 5.34. The summed E-state index contributed by atoms with van der Waals surface area (Å²) in [6.45, 7) is 1.90. The molecule has 0 amide bonds. The van der Waals surface area contributed by atoms with Crippen LogP contribution in [0.3, 0.4) is 0 Å². The molecule has 5 nitrogen and oxygen atoms in total. The Bertz CT molecular complexity index is 526. The number of rotatable bonds is 4. The summed E-state index contributed by atoms with van der Waals surface area (Å²) in [5, 5.41) is 11.8. The Balaban J connectivity index is 2.19. The lowest BCUT2D eigenvalue weighted by atomic mass is 10.2. The third-order valence-electron chi connectivity index (χ3n) is 2.38. The van der Waals surface area contributed by atoms with Crippen molar-refractivity contribution in [2.75, 3.05) is 12.4 Å². The number of aryl methyl sites for hydroxylation is 1. The van der Waals surface area contributed by atoms with E-state index in [1.807, 2.05) is 19.1 Å². The van der Waals surface area contributed by atoms with Crippen LogP contribution in [0.1, 0.15) is 11.3 Å². The average Bonchev–Trinajstić information content (AvgIpc) is 2.39. The second-order valence-electron chi connectivity index (χ2n) is 3.83. The van der Waals surface area contributed by atoms with Crippen LogP contribution in [0, 0.1) is 6.92 Å². The molecule has 2 rings (SSSR count). The highest BCUT2D eigenvalue weighted by Gasteiger charge is 2.03. The van der Waals surface area contributed by atoms with Crippen LogP contribution in [-0.2, 0) is 6.61 Å². The van der Waals surface area contributed by atoms with E-state index in [2.05, 4.69) is 15.3 Å². The largest absolute Gasteiger partial charge is 0.439 e. The second-order valence-corrected chi connectivity index (χ2v) is 3.83. The number of nitrogens with one attached hydrogen (secondary N) is 1. The molecule has 0 fully saturated rings. The first kappa shape index (κ1) is 12.3. The van der Waals surface area contributed by atoms with Gasteiger partial charge in [0.2, 0.25) is 11.8 Å². The SMILES string of the molecule is CNc1nc(C)cc(Oc2ccc(CO)cc2)n1. The van der Waals surface area contributed by atoms with Crippen molar-refractivity contribution < 1.29 is 9.84 Å². The predicted molar refractivity (Wildman–Crippen MR) is 68.8 cm³/mol. The zero-order chi connectivity index (χ0) is 13.0. The Kier molecular flexibility index (Phi) is 3.74. The first-order valence-electron chi connectivity index (χ1n) is 5.62. The van der Waals surface area contributed by atoms with Crippen LogP contribution < -0.4 is 10.1 Å². The molecule has 1 aromatic heterocycles.